The van der Waals surface area contributed by atoms with Crippen LogP contribution in [0.3, 0.4) is 0 Å². The van der Waals surface area contributed by atoms with Gasteiger partial charge in [0.15, 0.2) is 0 Å². The van der Waals surface area contributed by atoms with E-state index in [9.17, 15) is 5.02 Å². The van der Waals surface area contributed by atoms with Gasteiger partial charge in [0.2, 0.25) is 0 Å². The van der Waals surface area contributed by atoms with Crippen molar-refractivity contribution in [3.63, 3.8) is 0 Å². The Bertz CT molecular complexity index is 970. The average Bonchev–Trinajstić information content (AvgIpc) is 2.71. The average molecular weight is 408 g/mol. The molecule has 0 saturated carbocycles. The number of benzene rings is 1. The number of nitrogens with one attached hydrogen (secondary N) is 1. The minimum absolute atomic E-state index is 0.364. The highest BCUT2D eigenvalue weighted by molar-refractivity contribution is 6.45. The lowest BCUT2D eigenvalue weighted by Gasteiger charge is -2.35. The molecule has 0 atom stereocenters. The molecule has 0 amide bonds. The number of nitrogens with zero attached hydrogens (tertiary/aromatic N) is 4. The summed E-state index contributed by atoms with van der Waals surface area (Å²) in [7, 11) is 1.17. The molecule has 1 aliphatic heterocycles. The third kappa shape index (κ3) is 3.52. The van der Waals surface area contributed by atoms with Crippen LogP contribution >= 0.6 is 0 Å². The van der Waals surface area contributed by atoms with E-state index in [0.29, 0.717) is 11.9 Å². The van der Waals surface area contributed by atoms with Crippen LogP contribution in [0.4, 0.5) is 11.5 Å². The van der Waals surface area contributed by atoms with Crippen molar-refractivity contribution in [3.05, 3.63) is 35.7 Å². The summed E-state index contributed by atoms with van der Waals surface area (Å²) in [5.41, 5.74) is 11.3. The van der Waals surface area contributed by atoms with Crippen LogP contribution in [0, 0.1) is 0 Å². The number of fused-ring (bicyclic) bond motifs is 3. The summed E-state index contributed by atoms with van der Waals surface area (Å²) in [6.07, 6.45) is 3.48. The fourth-order valence-electron chi connectivity index (χ4n) is 4.62. The third-order valence-corrected chi connectivity index (χ3v) is 6.23. The molecule has 2 aromatic rings. The van der Waals surface area contributed by atoms with Crippen molar-refractivity contribution in [2.45, 2.75) is 45.0 Å². The van der Waals surface area contributed by atoms with E-state index >= 15 is 0 Å². The third-order valence-electron chi connectivity index (χ3n) is 6.23. The number of oxime groups is 1. The van der Waals surface area contributed by atoms with Crippen LogP contribution in [0.25, 0.3) is 11.3 Å². The molecule has 9 heteroatoms. The Morgan fingerprint density at radius 2 is 2.00 bits per heavy atom. The van der Waals surface area contributed by atoms with Crippen LogP contribution in [0.2, 0.25) is 6.82 Å². The largest absolute Gasteiger partial charge is 0.437 e. The molecule has 158 valence electrons. The molecular formula is C21H29BN6O2. The fraction of sp³-hybridized carbons (Fsp3) is 0.476. The van der Waals surface area contributed by atoms with Crippen molar-refractivity contribution < 1.29 is 9.86 Å². The first-order valence-electron chi connectivity index (χ1n) is 10.4. The molecule has 1 saturated heterocycles. The smallest absolute Gasteiger partial charge is 0.376 e. The predicted octanol–water partition coefficient (Wildman–Crippen LogP) is 2.35. The first-order valence-corrected chi connectivity index (χ1v) is 10.4. The normalized spacial score (nSPS) is 19.8. The predicted molar refractivity (Wildman–Crippen MR) is 121 cm³/mol. The lowest BCUT2D eigenvalue weighted by atomic mass is 9.70. The summed E-state index contributed by atoms with van der Waals surface area (Å²) in [6.45, 7) is 7.72. The van der Waals surface area contributed by atoms with Gasteiger partial charge in [0, 0.05) is 33.8 Å². The zero-order valence-electron chi connectivity index (χ0n) is 18.0. The second kappa shape index (κ2) is 7.88. The fourth-order valence-corrected chi connectivity index (χ4v) is 4.62. The van der Waals surface area contributed by atoms with Crippen molar-refractivity contribution in [3.8, 4) is 11.3 Å². The highest BCUT2D eigenvalue weighted by atomic mass is 16.6. The minimum atomic E-state index is -0.495. The summed E-state index contributed by atoms with van der Waals surface area (Å²) >= 11 is 0. The molecule has 4 rings (SSSR count). The SMILES string of the molecule is CO/N=C1\c2cc(NC3CCN(B(C)O)CC3)ccc2-c2ncnc(N)c2C1(C)C. The van der Waals surface area contributed by atoms with E-state index < -0.39 is 5.41 Å². The van der Waals surface area contributed by atoms with Gasteiger partial charge in [0.05, 0.1) is 11.4 Å². The number of nitrogen functional groups attached to an aromatic ring is 1. The summed E-state index contributed by atoms with van der Waals surface area (Å²) in [6, 6.07) is 6.62. The molecular weight excluding hydrogens is 379 g/mol. The standard InChI is InChI=1S/C21H29BN6O2/c1-21(2)17-18(24-12-25-20(17)23)15-6-5-14(11-16(15)19(21)27-30-4)26-13-7-9-28(10-8-13)22(3)29/h5-6,11-13,26,29H,7-10H2,1-4H3,(H2,23,24,25)/b27-19+. The molecule has 30 heavy (non-hydrogen) atoms. The van der Waals surface area contributed by atoms with E-state index in [0.717, 1.165) is 59.7 Å². The Hall–Kier alpha value is -2.65. The topological polar surface area (TPSA) is 109 Å². The van der Waals surface area contributed by atoms with Gasteiger partial charge in [-0.25, -0.2) is 9.97 Å². The number of piperidine rings is 1. The van der Waals surface area contributed by atoms with E-state index in [4.69, 9.17) is 10.6 Å². The molecule has 1 aliphatic carbocycles. The summed E-state index contributed by atoms with van der Waals surface area (Å²) < 4.78 is 0. The number of aromatic nitrogens is 2. The lowest BCUT2D eigenvalue weighted by molar-refractivity contribution is 0.211. The second-order valence-electron chi connectivity index (χ2n) is 8.58. The van der Waals surface area contributed by atoms with Gasteiger partial charge in [-0.1, -0.05) is 11.2 Å². The van der Waals surface area contributed by atoms with Crippen molar-refractivity contribution in [2.24, 2.45) is 5.16 Å². The zero-order valence-corrected chi connectivity index (χ0v) is 18.0. The maximum Gasteiger partial charge on any atom is 0.376 e. The van der Waals surface area contributed by atoms with E-state index in [1.54, 1.807) is 7.11 Å². The van der Waals surface area contributed by atoms with Crippen LogP contribution in [-0.4, -0.2) is 58.8 Å². The zero-order chi connectivity index (χ0) is 21.5. The maximum atomic E-state index is 9.78. The molecule has 0 unspecified atom stereocenters. The Labute approximate surface area is 177 Å². The van der Waals surface area contributed by atoms with Crippen LogP contribution in [-0.2, 0) is 10.3 Å². The first kappa shape index (κ1) is 20.6. The van der Waals surface area contributed by atoms with E-state index in [2.05, 4.69) is 57.3 Å². The minimum Gasteiger partial charge on any atom is -0.437 e. The molecule has 4 N–H and O–H groups in total. The number of hydrogen-bond acceptors (Lipinski definition) is 8. The van der Waals surface area contributed by atoms with Crippen molar-refractivity contribution in [1.82, 2.24) is 14.8 Å². The van der Waals surface area contributed by atoms with E-state index in [1.807, 2.05) is 6.82 Å². The summed E-state index contributed by atoms with van der Waals surface area (Å²) in [5.74, 6) is 0.464. The quantitative estimate of drug-likeness (QED) is 0.526. The molecule has 1 aromatic heterocycles. The van der Waals surface area contributed by atoms with Gasteiger partial charge >= 0.3 is 7.05 Å². The Morgan fingerprint density at radius 3 is 2.67 bits per heavy atom. The summed E-state index contributed by atoms with van der Waals surface area (Å²) in [5, 5.41) is 17.8. The molecule has 0 bridgehead atoms. The molecule has 8 nitrogen and oxygen atoms in total. The molecule has 0 spiro atoms. The first-order chi connectivity index (χ1) is 14.3. The number of hydrogen-bond donors (Lipinski definition) is 3. The molecule has 2 aliphatic rings. The van der Waals surface area contributed by atoms with Crippen LogP contribution < -0.4 is 11.1 Å². The van der Waals surface area contributed by atoms with Gasteiger partial charge in [-0.15, -0.1) is 0 Å². The lowest BCUT2D eigenvalue weighted by Crippen LogP contribution is -2.45. The van der Waals surface area contributed by atoms with Crippen molar-refractivity contribution in [1.29, 1.82) is 0 Å². The number of rotatable bonds is 4. The highest BCUT2D eigenvalue weighted by Crippen LogP contribution is 2.45. The summed E-state index contributed by atoms with van der Waals surface area (Å²) in [4.78, 5) is 16.1. The van der Waals surface area contributed by atoms with Gasteiger partial charge in [-0.2, -0.15) is 0 Å². The Morgan fingerprint density at radius 1 is 1.27 bits per heavy atom. The Kier molecular flexibility index (Phi) is 5.42. The van der Waals surface area contributed by atoms with Gasteiger partial charge in [0.1, 0.15) is 19.3 Å². The highest BCUT2D eigenvalue weighted by Gasteiger charge is 2.40. The van der Waals surface area contributed by atoms with E-state index in [-0.39, 0.29) is 7.05 Å². The van der Waals surface area contributed by atoms with Gasteiger partial charge in [-0.3, -0.25) is 0 Å². The van der Waals surface area contributed by atoms with Gasteiger partial charge in [-0.05, 0) is 58.7 Å². The number of nitrogens with two attached hydrogens (primary N) is 1. The maximum absolute atomic E-state index is 9.78. The van der Waals surface area contributed by atoms with Gasteiger partial charge in [0.25, 0.3) is 0 Å². The molecule has 2 heterocycles. The van der Waals surface area contributed by atoms with Gasteiger partial charge < -0.3 is 25.7 Å². The molecule has 1 aromatic carbocycles. The van der Waals surface area contributed by atoms with Crippen LogP contribution in [0.5, 0.6) is 0 Å². The molecule has 0 radical (unpaired) electrons. The number of anilines is 2. The molecule has 1 fully saturated rings. The monoisotopic (exact) mass is 408 g/mol. The van der Waals surface area contributed by atoms with Crippen LogP contribution in [0.1, 0.15) is 37.8 Å². The van der Waals surface area contributed by atoms with Crippen molar-refractivity contribution >= 4 is 24.3 Å². The van der Waals surface area contributed by atoms with E-state index in [1.165, 1.54) is 6.33 Å². The van der Waals surface area contributed by atoms with Crippen LogP contribution in [0.15, 0.2) is 29.7 Å². The Balaban J connectivity index is 1.69. The second-order valence-corrected chi connectivity index (χ2v) is 8.58. The van der Waals surface area contributed by atoms with Crippen molar-refractivity contribution in [2.75, 3.05) is 31.2 Å².